The average Bonchev–Trinajstić information content (AvgIpc) is 2.41. The minimum Gasteiger partial charge on any atom is -0.507 e. The zero-order valence-electron chi connectivity index (χ0n) is 10.5. The highest BCUT2D eigenvalue weighted by atomic mass is 16.3. The molecule has 96 valence electrons. The molecule has 0 spiro atoms. The van der Waals surface area contributed by atoms with Crippen molar-refractivity contribution in [2.24, 2.45) is 5.10 Å². The zero-order valence-corrected chi connectivity index (χ0v) is 10.5. The van der Waals surface area contributed by atoms with Gasteiger partial charge in [-0.1, -0.05) is 36.4 Å². The zero-order chi connectivity index (χ0) is 13.7. The molecule has 0 saturated heterocycles. The fourth-order valence-electron chi connectivity index (χ4n) is 1.62. The number of phenolic OH excluding ortho intramolecular Hbond substituents is 1. The number of rotatable bonds is 3. The van der Waals surface area contributed by atoms with Crippen molar-refractivity contribution in [1.82, 2.24) is 5.43 Å². The molecule has 4 nitrogen and oxygen atoms in total. The normalized spacial score (nSPS) is 10.6. The first-order valence-electron chi connectivity index (χ1n) is 5.85. The number of nitrogens with one attached hydrogen (secondary N) is 1. The average molecular weight is 254 g/mol. The summed E-state index contributed by atoms with van der Waals surface area (Å²) >= 11 is 0. The summed E-state index contributed by atoms with van der Waals surface area (Å²) in [6.07, 6.45) is 1.58. The molecule has 0 aliphatic rings. The summed E-state index contributed by atoms with van der Waals surface area (Å²) < 4.78 is 0. The number of nitrogens with zero attached hydrogens (tertiary/aromatic N) is 1. The Morgan fingerprint density at radius 1 is 1.16 bits per heavy atom. The van der Waals surface area contributed by atoms with E-state index in [0.29, 0.717) is 0 Å². The highest BCUT2D eigenvalue weighted by Gasteiger charge is 2.08. The van der Waals surface area contributed by atoms with Crippen LogP contribution in [0.3, 0.4) is 0 Å². The molecule has 4 heteroatoms. The number of aryl methyl sites for hydroxylation is 1. The molecule has 1 amide bonds. The molecular weight excluding hydrogens is 240 g/mol. The fraction of sp³-hybridized carbons (Fsp3) is 0.0667. The Bertz CT molecular complexity index is 621. The van der Waals surface area contributed by atoms with Crippen LogP contribution in [0.25, 0.3) is 0 Å². The second-order valence-corrected chi connectivity index (χ2v) is 4.07. The van der Waals surface area contributed by atoms with Crippen LogP contribution < -0.4 is 5.43 Å². The monoisotopic (exact) mass is 254 g/mol. The summed E-state index contributed by atoms with van der Waals surface area (Å²) in [4.78, 5) is 11.8. The molecule has 2 rings (SSSR count). The van der Waals surface area contributed by atoms with E-state index in [4.69, 9.17) is 0 Å². The van der Waals surface area contributed by atoms with Crippen LogP contribution >= 0.6 is 0 Å². The lowest BCUT2D eigenvalue weighted by atomic mass is 10.1. The van der Waals surface area contributed by atoms with Crippen LogP contribution in [0.2, 0.25) is 0 Å². The molecule has 2 N–H and O–H groups in total. The Hall–Kier alpha value is -2.62. The van der Waals surface area contributed by atoms with Crippen molar-refractivity contribution < 1.29 is 9.90 Å². The number of hydrogen-bond acceptors (Lipinski definition) is 3. The summed E-state index contributed by atoms with van der Waals surface area (Å²) in [5.74, 6) is -0.506. The van der Waals surface area contributed by atoms with E-state index in [1.54, 1.807) is 18.3 Å². The van der Waals surface area contributed by atoms with Crippen LogP contribution in [0.15, 0.2) is 53.6 Å². The van der Waals surface area contributed by atoms with Gasteiger partial charge in [-0.3, -0.25) is 4.79 Å². The topological polar surface area (TPSA) is 61.7 Å². The number of benzene rings is 2. The highest BCUT2D eigenvalue weighted by molar-refractivity contribution is 5.97. The third-order valence-corrected chi connectivity index (χ3v) is 2.71. The van der Waals surface area contributed by atoms with E-state index in [1.165, 1.54) is 12.1 Å². The predicted molar refractivity (Wildman–Crippen MR) is 74.3 cm³/mol. The Morgan fingerprint density at radius 2 is 1.84 bits per heavy atom. The van der Waals surface area contributed by atoms with Crippen LogP contribution in [0, 0.1) is 6.92 Å². The minimum absolute atomic E-state index is 0.0638. The van der Waals surface area contributed by atoms with E-state index >= 15 is 0 Å². The molecule has 2 aromatic carbocycles. The van der Waals surface area contributed by atoms with Crippen molar-refractivity contribution in [3.05, 3.63) is 65.2 Å². The molecule has 0 aliphatic heterocycles. The van der Waals surface area contributed by atoms with E-state index < -0.39 is 5.91 Å². The van der Waals surface area contributed by atoms with Gasteiger partial charge in [-0.25, -0.2) is 5.43 Å². The van der Waals surface area contributed by atoms with Crippen molar-refractivity contribution in [2.45, 2.75) is 6.92 Å². The number of hydrogen-bond donors (Lipinski definition) is 2. The number of aromatic hydroxyl groups is 1. The van der Waals surface area contributed by atoms with Gasteiger partial charge in [0.25, 0.3) is 5.91 Å². The van der Waals surface area contributed by atoms with Crippen LogP contribution in [-0.4, -0.2) is 17.2 Å². The van der Waals surface area contributed by atoms with Crippen LogP contribution in [0.5, 0.6) is 5.75 Å². The highest BCUT2D eigenvalue weighted by Crippen LogP contribution is 2.14. The molecule has 0 fully saturated rings. The molecule has 0 heterocycles. The summed E-state index contributed by atoms with van der Waals surface area (Å²) in [5.41, 5.74) is 4.59. The van der Waals surface area contributed by atoms with Crippen molar-refractivity contribution >= 4 is 12.1 Å². The first-order chi connectivity index (χ1) is 9.18. The van der Waals surface area contributed by atoms with Gasteiger partial charge >= 0.3 is 0 Å². The molecule has 0 radical (unpaired) electrons. The number of para-hydroxylation sites is 1. The largest absolute Gasteiger partial charge is 0.507 e. The molecule has 0 bridgehead atoms. The van der Waals surface area contributed by atoms with E-state index in [9.17, 15) is 9.90 Å². The van der Waals surface area contributed by atoms with Crippen LogP contribution in [0.4, 0.5) is 0 Å². The first kappa shape index (κ1) is 12.8. The third-order valence-electron chi connectivity index (χ3n) is 2.71. The van der Waals surface area contributed by atoms with Crippen LogP contribution in [-0.2, 0) is 0 Å². The lowest BCUT2D eigenvalue weighted by Crippen LogP contribution is -2.17. The lowest BCUT2D eigenvalue weighted by molar-refractivity contribution is 0.0952. The standard InChI is InChI=1S/C15H14N2O2/c1-11-6-2-3-7-12(11)10-16-17-15(19)13-8-4-5-9-14(13)18/h2-10,18H,1H3,(H,17,19)/b16-10+. The summed E-state index contributed by atoms with van der Waals surface area (Å²) in [5, 5.41) is 13.4. The lowest BCUT2D eigenvalue weighted by Gasteiger charge is -2.02. The second kappa shape index (κ2) is 5.82. The number of carbonyl (C=O) groups is 1. The number of phenols is 1. The van der Waals surface area contributed by atoms with Gasteiger partial charge in [0, 0.05) is 0 Å². The van der Waals surface area contributed by atoms with Gasteiger partial charge in [0.05, 0.1) is 11.8 Å². The molecule has 0 saturated carbocycles. The summed E-state index contributed by atoms with van der Waals surface area (Å²) in [7, 11) is 0. The SMILES string of the molecule is Cc1ccccc1/C=N/NC(=O)c1ccccc1O. The van der Waals surface area contributed by atoms with E-state index in [0.717, 1.165) is 11.1 Å². The summed E-state index contributed by atoms with van der Waals surface area (Å²) in [6.45, 7) is 1.96. The molecule has 0 unspecified atom stereocenters. The third kappa shape index (κ3) is 3.19. The van der Waals surface area contributed by atoms with Crippen molar-refractivity contribution in [1.29, 1.82) is 0 Å². The quantitative estimate of drug-likeness (QED) is 0.653. The Kier molecular flexibility index (Phi) is 3.93. The van der Waals surface area contributed by atoms with Crippen molar-refractivity contribution in [3.63, 3.8) is 0 Å². The minimum atomic E-state index is -0.442. The summed E-state index contributed by atoms with van der Waals surface area (Å²) in [6, 6.07) is 14.0. The Balaban J connectivity index is 2.06. The molecular formula is C15H14N2O2. The van der Waals surface area contributed by atoms with Gasteiger partial charge in [-0.05, 0) is 30.2 Å². The Labute approximate surface area is 111 Å². The smallest absolute Gasteiger partial charge is 0.275 e. The fourth-order valence-corrected chi connectivity index (χ4v) is 1.62. The molecule has 0 aromatic heterocycles. The maximum absolute atomic E-state index is 11.8. The predicted octanol–water partition coefficient (Wildman–Crippen LogP) is 2.46. The Morgan fingerprint density at radius 3 is 2.58 bits per heavy atom. The first-order valence-corrected chi connectivity index (χ1v) is 5.85. The van der Waals surface area contributed by atoms with E-state index in [2.05, 4.69) is 10.5 Å². The van der Waals surface area contributed by atoms with Gasteiger partial charge in [-0.2, -0.15) is 5.10 Å². The van der Waals surface area contributed by atoms with Gasteiger partial charge in [0.15, 0.2) is 0 Å². The maximum atomic E-state index is 11.8. The molecule has 19 heavy (non-hydrogen) atoms. The van der Waals surface area contributed by atoms with E-state index in [1.807, 2.05) is 31.2 Å². The van der Waals surface area contributed by atoms with Gasteiger partial charge in [0.2, 0.25) is 0 Å². The molecule has 0 aliphatic carbocycles. The number of hydrazone groups is 1. The molecule has 0 atom stereocenters. The van der Waals surface area contributed by atoms with Gasteiger partial charge in [0.1, 0.15) is 5.75 Å². The van der Waals surface area contributed by atoms with Crippen LogP contribution in [0.1, 0.15) is 21.5 Å². The van der Waals surface area contributed by atoms with Gasteiger partial charge < -0.3 is 5.11 Å². The second-order valence-electron chi connectivity index (χ2n) is 4.07. The van der Waals surface area contributed by atoms with E-state index in [-0.39, 0.29) is 11.3 Å². The van der Waals surface area contributed by atoms with Crippen molar-refractivity contribution in [3.8, 4) is 5.75 Å². The number of amides is 1. The molecule has 2 aromatic rings. The maximum Gasteiger partial charge on any atom is 0.275 e. The van der Waals surface area contributed by atoms with Crippen molar-refractivity contribution in [2.75, 3.05) is 0 Å². The number of carbonyl (C=O) groups excluding carboxylic acids is 1. The van der Waals surface area contributed by atoms with Gasteiger partial charge in [-0.15, -0.1) is 0 Å².